The molecule has 0 aliphatic carbocycles. The molecule has 0 aliphatic rings. The summed E-state index contributed by atoms with van der Waals surface area (Å²) < 4.78 is 28.8. The molecule has 5 aromatic carbocycles. The van der Waals surface area contributed by atoms with Gasteiger partial charge in [0.25, 0.3) is 10.0 Å². The first-order chi connectivity index (χ1) is 20.9. The van der Waals surface area contributed by atoms with Crippen molar-refractivity contribution in [3.8, 4) is 11.1 Å². The van der Waals surface area contributed by atoms with Gasteiger partial charge in [-0.1, -0.05) is 103 Å². The Morgan fingerprint density at radius 3 is 2.00 bits per heavy atom. The van der Waals surface area contributed by atoms with Crippen LogP contribution in [-0.4, -0.2) is 26.8 Å². The fourth-order valence-corrected chi connectivity index (χ4v) is 6.28. The topological polar surface area (TPSA) is 83.6 Å². The van der Waals surface area contributed by atoms with E-state index in [4.69, 9.17) is 0 Å². The molecule has 0 fully saturated rings. The maximum Gasteiger partial charge on any atom is 0.264 e. The molecule has 5 rings (SSSR count). The number of benzene rings is 5. The highest BCUT2D eigenvalue weighted by Crippen LogP contribution is 2.24. The second-order valence-corrected chi connectivity index (χ2v) is 12.1. The number of fused-ring (bicyclic) bond motifs is 1. The molecule has 1 N–H and O–H groups in total. The van der Waals surface area contributed by atoms with Crippen molar-refractivity contribution in [2.75, 3.05) is 11.4 Å². The molecule has 0 saturated heterocycles. The van der Waals surface area contributed by atoms with E-state index in [2.05, 4.69) is 29.0 Å². The zero-order valence-electron chi connectivity index (χ0n) is 24.0. The van der Waals surface area contributed by atoms with Gasteiger partial charge in [0.05, 0.1) is 4.90 Å². The van der Waals surface area contributed by atoms with Crippen LogP contribution in [0.3, 0.4) is 0 Å². The maximum atomic E-state index is 13.8. The van der Waals surface area contributed by atoms with E-state index in [0.29, 0.717) is 25.1 Å². The van der Waals surface area contributed by atoms with Gasteiger partial charge in [-0.3, -0.25) is 9.59 Å². The lowest BCUT2D eigenvalue weighted by molar-refractivity contribution is -0.133. The molecule has 0 bridgehead atoms. The molecule has 218 valence electrons. The van der Waals surface area contributed by atoms with Crippen LogP contribution in [0.4, 0.5) is 5.69 Å². The highest BCUT2D eigenvalue weighted by atomic mass is 32.2. The summed E-state index contributed by atoms with van der Waals surface area (Å²) in [6.07, 6.45) is 1.36. The van der Waals surface area contributed by atoms with Crippen LogP contribution >= 0.6 is 0 Å². The van der Waals surface area contributed by atoms with Gasteiger partial charge >= 0.3 is 0 Å². The van der Waals surface area contributed by atoms with E-state index in [1.54, 1.807) is 18.2 Å². The molecule has 43 heavy (non-hydrogen) atoms. The predicted octanol–water partition coefficient (Wildman–Crippen LogP) is 7.00. The molecule has 1 unspecified atom stereocenters. The van der Waals surface area contributed by atoms with E-state index < -0.39 is 27.8 Å². The van der Waals surface area contributed by atoms with E-state index in [1.165, 1.54) is 17.0 Å². The van der Waals surface area contributed by atoms with Gasteiger partial charge < -0.3 is 4.90 Å². The minimum atomic E-state index is -4.21. The van der Waals surface area contributed by atoms with Crippen molar-refractivity contribution < 1.29 is 18.0 Å². The number of hydrogen-bond donors (Lipinski definition) is 1. The monoisotopic (exact) mass is 590 g/mol. The third-order valence-electron chi connectivity index (χ3n) is 7.55. The third kappa shape index (κ3) is 7.19. The summed E-state index contributed by atoms with van der Waals surface area (Å²) in [7, 11) is -4.21. The molecule has 0 aromatic heterocycles. The van der Waals surface area contributed by atoms with Crippen molar-refractivity contribution in [2.45, 2.75) is 31.1 Å². The Bertz CT molecular complexity index is 1810. The normalized spacial score (nSPS) is 12.0. The summed E-state index contributed by atoms with van der Waals surface area (Å²) in [4.78, 5) is 28.9. The first kappa shape index (κ1) is 29.7. The summed E-state index contributed by atoms with van der Waals surface area (Å²) in [5.74, 6) is -2.44. The van der Waals surface area contributed by atoms with Crippen molar-refractivity contribution >= 4 is 38.3 Å². The number of sulfonamides is 1. The number of nitrogens with zero attached hydrogens (tertiary/aromatic N) is 1. The highest BCUT2D eigenvalue weighted by molar-refractivity contribution is 7.90. The van der Waals surface area contributed by atoms with Gasteiger partial charge in [-0.2, -0.15) is 0 Å². The SMILES string of the molecule is CCN(C(=O)C(CCCc1ccc(-c2ccccc2)cc1)C(=O)NS(=O)(=O)c1ccc2ccccc2c1)c1ccccc1. The molecule has 0 aliphatic heterocycles. The van der Waals surface area contributed by atoms with Crippen molar-refractivity contribution in [3.05, 3.63) is 133 Å². The Hall–Kier alpha value is -4.75. The van der Waals surface area contributed by atoms with Crippen LogP contribution in [0.5, 0.6) is 0 Å². The molecule has 0 radical (unpaired) electrons. The molecule has 1 atom stereocenters. The molecular weight excluding hydrogens is 556 g/mol. The molecule has 0 spiro atoms. The number of nitrogens with one attached hydrogen (secondary N) is 1. The minimum absolute atomic E-state index is 0.0281. The summed E-state index contributed by atoms with van der Waals surface area (Å²) >= 11 is 0. The van der Waals surface area contributed by atoms with Gasteiger partial charge in [0, 0.05) is 12.2 Å². The Morgan fingerprint density at radius 2 is 1.33 bits per heavy atom. The Kier molecular flexibility index (Phi) is 9.32. The van der Waals surface area contributed by atoms with Crippen LogP contribution in [0.25, 0.3) is 21.9 Å². The van der Waals surface area contributed by atoms with Crippen molar-refractivity contribution in [1.29, 1.82) is 0 Å². The minimum Gasteiger partial charge on any atom is -0.312 e. The molecule has 0 heterocycles. The maximum absolute atomic E-state index is 13.8. The van der Waals surface area contributed by atoms with Crippen LogP contribution in [-0.2, 0) is 26.0 Å². The summed E-state index contributed by atoms with van der Waals surface area (Å²) in [6.45, 7) is 2.17. The third-order valence-corrected chi connectivity index (χ3v) is 8.89. The zero-order chi connectivity index (χ0) is 30.2. The Morgan fingerprint density at radius 1 is 0.721 bits per heavy atom. The van der Waals surface area contributed by atoms with Gasteiger partial charge in [0.1, 0.15) is 5.92 Å². The molecule has 6 nitrogen and oxygen atoms in total. The van der Waals surface area contributed by atoms with E-state index >= 15 is 0 Å². The largest absolute Gasteiger partial charge is 0.312 e. The lowest BCUT2D eigenvalue weighted by Gasteiger charge is -2.26. The van der Waals surface area contributed by atoms with Gasteiger partial charge in [0.2, 0.25) is 11.8 Å². The number of hydrogen-bond acceptors (Lipinski definition) is 4. The van der Waals surface area contributed by atoms with Crippen molar-refractivity contribution in [2.24, 2.45) is 5.92 Å². The number of carbonyl (C=O) groups is 2. The number of rotatable bonds is 11. The average Bonchev–Trinajstić information content (AvgIpc) is 3.04. The molecule has 0 saturated carbocycles. The molecule has 7 heteroatoms. The number of amides is 2. The molecule has 5 aromatic rings. The number of para-hydroxylation sites is 1. The van der Waals surface area contributed by atoms with Gasteiger partial charge in [-0.25, -0.2) is 13.1 Å². The molecular formula is C36H34N2O4S. The fourth-order valence-electron chi connectivity index (χ4n) is 5.23. The van der Waals surface area contributed by atoms with Gasteiger partial charge in [-0.15, -0.1) is 0 Å². The van der Waals surface area contributed by atoms with Crippen molar-refractivity contribution in [1.82, 2.24) is 4.72 Å². The van der Waals surface area contributed by atoms with Crippen LogP contribution in [0.15, 0.2) is 132 Å². The highest BCUT2D eigenvalue weighted by Gasteiger charge is 2.33. The smallest absolute Gasteiger partial charge is 0.264 e. The second-order valence-electron chi connectivity index (χ2n) is 10.4. The second kappa shape index (κ2) is 13.5. The van der Waals surface area contributed by atoms with Crippen LogP contribution in [0.2, 0.25) is 0 Å². The summed E-state index contributed by atoms with van der Waals surface area (Å²) in [6, 6.07) is 39.5. The molecule has 2 amide bonds. The standard InChI is InChI=1S/C36H34N2O4S/c1-2-38(32-17-7-4-8-18-32)36(40)34(19-11-12-27-20-22-30(23-21-27)28-13-5-3-6-14-28)35(39)37-43(41,42)33-25-24-29-15-9-10-16-31(29)26-33/h3-10,13-18,20-26,34H,2,11-12,19H2,1H3,(H,37,39). The zero-order valence-corrected chi connectivity index (χ0v) is 24.8. The average molecular weight is 591 g/mol. The Balaban J connectivity index is 1.34. The quantitative estimate of drug-likeness (QED) is 0.168. The van der Waals surface area contributed by atoms with Crippen LogP contribution in [0, 0.1) is 5.92 Å². The Labute approximate surface area is 253 Å². The van der Waals surface area contributed by atoms with E-state index in [0.717, 1.165) is 27.5 Å². The van der Waals surface area contributed by atoms with Gasteiger partial charge in [0.15, 0.2) is 0 Å². The number of aryl methyl sites for hydroxylation is 1. The van der Waals surface area contributed by atoms with Crippen LogP contribution < -0.4 is 9.62 Å². The fraction of sp³-hybridized carbons (Fsp3) is 0.167. The van der Waals surface area contributed by atoms with Crippen molar-refractivity contribution in [3.63, 3.8) is 0 Å². The summed E-state index contributed by atoms with van der Waals surface area (Å²) in [5, 5.41) is 1.63. The first-order valence-corrected chi connectivity index (χ1v) is 15.9. The van der Waals surface area contributed by atoms with E-state index in [9.17, 15) is 18.0 Å². The van der Waals surface area contributed by atoms with E-state index in [1.807, 2.05) is 79.7 Å². The number of carbonyl (C=O) groups excluding carboxylic acids is 2. The lowest BCUT2D eigenvalue weighted by atomic mass is 9.96. The van der Waals surface area contributed by atoms with Crippen LogP contribution in [0.1, 0.15) is 25.3 Å². The lowest BCUT2D eigenvalue weighted by Crippen LogP contribution is -2.45. The van der Waals surface area contributed by atoms with E-state index in [-0.39, 0.29) is 11.3 Å². The van der Waals surface area contributed by atoms with Gasteiger partial charge in [-0.05, 0) is 77.9 Å². The first-order valence-electron chi connectivity index (χ1n) is 14.4. The summed E-state index contributed by atoms with van der Waals surface area (Å²) in [5.41, 5.74) is 3.97. The predicted molar refractivity (Wildman–Crippen MR) is 172 cm³/mol. The number of anilines is 1.